The highest BCUT2D eigenvalue weighted by molar-refractivity contribution is 5.90. The number of carboxylic acids is 1. The second-order valence-electron chi connectivity index (χ2n) is 2.79. The average molecular weight is 182 g/mol. The lowest BCUT2D eigenvalue weighted by Gasteiger charge is -2.02. The van der Waals surface area contributed by atoms with Crippen molar-refractivity contribution in [1.29, 1.82) is 0 Å². The molecule has 2 N–H and O–H groups in total. The van der Waals surface area contributed by atoms with E-state index in [4.69, 9.17) is 5.11 Å². The van der Waals surface area contributed by atoms with Gasteiger partial charge in [-0.15, -0.1) is 0 Å². The minimum Gasteiger partial charge on any atom is -0.502 e. The van der Waals surface area contributed by atoms with Crippen molar-refractivity contribution >= 4 is 5.97 Å². The Balaban J connectivity index is 3.35. The summed E-state index contributed by atoms with van der Waals surface area (Å²) in [7, 11) is 1.77. The summed E-state index contributed by atoms with van der Waals surface area (Å²) < 4.78 is 1.71. The first-order chi connectivity index (χ1) is 6.07. The van der Waals surface area contributed by atoms with E-state index in [9.17, 15) is 9.90 Å². The Morgan fingerprint density at radius 3 is 2.69 bits per heavy atom. The van der Waals surface area contributed by atoms with Gasteiger partial charge in [-0.3, -0.25) is 0 Å². The fourth-order valence-corrected chi connectivity index (χ4v) is 1.27. The lowest BCUT2D eigenvalue weighted by molar-refractivity contribution is -0.679. The predicted octanol–water partition coefficient (Wildman–Crippen LogP) is 0.477. The quantitative estimate of drug-likeness (QED) is 0.654. The molecule has 0 aliphatic carbocycles. The zero-order valence-electron chi connectivity index (χ0n) is 7.61. The van der Waals surface area contributed by atoms with Crippen molar-refractivity contribution < 1.29 is 19.6 Å². The Morgan fingerprint density at radius 1 is 1.62 bits per heavy atom. The van der Waals surface area contributed by atoms with Crippen molar-refractivity contribution in [1.82, 2.24) is 0 Å². The summed E-state index contributed by atoms with van der Waals surface area (Å²) in [6, 6.07) is 1.39. The van der Waals surface area contributed by atoms with Crippen LogP contribution in [0.25, 0.3) is 0 Å². The molecule has 0 amide bonds. The molecule has 1 rings (SSSR count). The van der Waals surface area contributed by atoms with E-state index in [0.29, 0.717) is 12.1 Å². The number of carbonyl (C=O) groups is 1. The van der Waals surface area contributed by atoms with E-state index in [1.54, 1.807) is 17.8 Å². The maximum Gasteiger partial charge on any atom is 0.339 e. The smallest absolute Gasteiger partial charge is 0.339 e. The van der Waals surface area contributed by atoms with E-state index >= 15 is 0 Å². The van der Waals surface area contributed by atoms with Gasteiger partial charge in [-0.2, -0.15) is 0 Å². The molecule has 0 aliphatic heterocycles. The van der Waals surface area contributed by atoms with Crippen LogP contribution in [-0.4, -0.2) is 16.2 Å². The highest BCUT2D eigenvalue weighted by atomic mass is 16.4. The minimum absolute atomic E-state index is 0.0463. The van der Waals surface area contributed by atoms with Gasteiger partial charge in [-0.1, -0.05) is 6.92 Å². The van der Waals surface area contributed by atoms with Crippen molar-refractivity contribution in [3.05, 3.63) is 23.5 Å². The maximum absolute atomic E-state index is 10.6. The van der Waals surface area contributed by atoms with Gasteiger partial charge in [0.2, 0.25) is 5.69 Å². The first kappa shape index (κ1) is 9.51. The van der Waals surface area contributed by atoms with E-state index in [1.165, 1.54) is 6.07 Å². The van der Waals surface area contributed by atoms with Gasteiger partial charge in [-0.25, -0.2) is 9.36 Å². The molecule has 0 saturated carbocycles. The summed E-state index contributed by atoms with van der Waals surface area (Å²) in [6.07, 6.45) is 2.23. The second-order valence-corrected chi connectivity index (χ2v) is 2.79. The van der Waals surface area contributed by atoms with Crippen LogP contribution in [0.3, 0.4) is 0 Å². The summed E-state index contributed by atoms with van der Waals surface area (Å²) in [5.74, 6) is -1.24. The summed E-state index contributed by atoms with van der Waals surface area (Å²) in [5, 5.41) is 18.2. The lowest BCUT2D eigenvalue weighted by atomic mass is 10.1. The molecule has 1 aromatic heterocycles. The highest BCUT2D eigenvalue weighted by Gasteiger charge is 2.19. The van der Waals surface area contributed by atoms with Gasteiger partial charge in [0, 0.05) is 12.5 Å². The van der Waals surface area contributed by atoms with Crippen LogP contribution in [0.2, 0.25) is 0 Å². The van der Waals surface area contributed by atoms with Crippen LogP contribution in [0, 0.1) is 0 Å². The third-order valence-corrected chi connectivity index (χ3v) is 1.98. The van der Waals surface area contributed by atoms with Crippen LogP contribution >= 0.6 is 0 Å². The summed E-state index contributed by atoms with van der Waals surface area (Å²) in [6.45, 7) is 1.86. The number of hydrogen-bond donors (Lipinski definition) is 2. The van der Waals surface area contributed by atoms with E-state index in [1.807, 2.05) is 6.92 Å². The SMILES string of the molecule is CCc1c(O)c(C(=O)O)cc[n+]1C. The fraction of sp³-hybridized carbons (Fsp3) is 0.333. The van der Waals surface area contributed by atoms with Crippen LogP contribution in [0.1, 0.15) is 23.0 Å². The number of rotatable bonds is 2. The first-order valence-electron chi connectivity index (χ1n) is 4.01. The topological polar surface area (TPSA) is 61.4 Å². The number of aromatic nitrogens is 1. The zero-order chi connectivity index (χ0) is 10.0. The maximum atomic E-state index is 10.6. The molecule has 0 aromatic carbocycles. The van der Waals surface area contributed by atoms with Gasteiger partial charge in [0.25, 0.3) is 0 Å². The molecular weight excluding hydrogens is 170 g/mol. The third-order valence-electron chi connectivity index (χ3n) is 1.98. The molecule has 4 nitrogen and oxygen atoms in total. The van der Waals surface area contributed by atoms with Crippen molar-refractivity contribution in [3.63, 3.8) is 0 Å². The molecule has 13 heavy (non-hydrogen) atoms. The normalized spacial score (nSPS) is 10.0. The van der Waals surface area contributed by atoms with Crippen LogP contribution < -0.4 is 4.57 Å². The van der Waals surface area contributed by atoms with E-state index < -0.39 is 5.97 Å². The van der Waals surface area contributed by atoms with E-state index in [-0.39, 0.29) is 11.3 Å². The minimum atomic E-state index is -1.10. The molecule has 0 spiro atoms. The van der Waals surface area contributed by atoms with Gasteiger partial charge in [0.15, 0.2) is 11.9 Å². The van der Waals surface area contributed by atoms with Crippen molar-refractivity contribution in [2.45, 2.75) is 13.3 Å². The van der Waals surface area contributed by atoms with Crippen LogP contribution in [0.15, 0.2) is 12.3 Å². The number of pyridine rings is 1. The third kappa shape index (κ3) is 1.61. The Bertz CT molecular complexity index is 347. The number of carboxylic acid groups (broad SMARTS) is 1. The molecule has 4 heteroatoms. The van der Waals surface area contributed by atoms with Crippen molar-refractivity contribution in [2.75, 3.05) is 0 Å². The summed E-state index contributed by atoms with van der Waals surface area (Å²) in [4.78, 5) is 10.6. The predicted molar refractivity (Wildman–Crippen MR) is 45.6 cm³/mol. The van der Waals surface area contributed by atoms with Crippen LogP contribution in [-0.2, 0) is 13.5 Å². The number of aromatic carboxylic acids is 1. The Labute approximate surface area is 76.1 Å². The average Bonchev–Trinajstić information content (AvgIpc) is 2.04. The summed E-state index contributed by atoms with van der Waals surface area (Å²) >= 11 is 0. The molecule has 0 saturated heterocycles. The molecule has 0 aliphatic rings. The number of aromatic hydroxyl groups is 1. The van der Waals surface area contributed by atoms with Crippen molar-refractivity contribution in [2.24, 2.45) is 7.05 Å². The van der Waals surface area contributed by atoms with Gasteiger partial charge < -0.3 is 10.2 Å². The molecule has 1 heterocycles. The Kier molecular flexibility index (Phi) is 2.51. The van der Waals surface area contributed by atoms with Gasteiger partial charge in [0.05, 0.1) is 0 Å². The number of nitrogens with zero attached hydrogens (tertiary/aromatic N) is 1. The second kappa shape index (κ2) is 3.43. The standard InChI is InChI=1S/C9H11NO3/c1-3-7-8(11)6(9(12)13)4-5-10(7)2/h4-5H,3H2,1-2H3,(H-,11,12,13)/p+1. The lowest BCUT2D eigenvalue weighted by Crippen LogP contribution is -2.33. The molecular formula is C9H12NO3+. The largest absolute Gasteiger partial charge is 0.502 e. The molecule has 0 bridgehead atoms. The first-order valence-corrected chi connectivity index (χ1v) is 4.01. The van der Waals surface area contributed by atoms with Crippen molar-refractivity contribution in [3.8, 4) is 5.75 Å². The fourth-order valence-electron chi connectivity index (χ4n) is 1.27. The molecule has 70 valence electrons. The van der Waals surface area contributed by atoms with Crippen LogP contribution in [0.5, 0.6) is 5.75 Å². The van der Waals surface area contributed by atoms with Gasteiger partial charge in [-0.05, 0) is 0 Å². The van der Waals surface area contributed by atoms with E-state index in [0.717, 1.165) is 0 Å². The monoisotopic (exact) mass is 182 g/mol. The van der Waals surface area contributed by atoms with E-state index in [2.05, 4.69) is 0 Å². The van der Waals surface area contributed by atoms with Gasteiger partial charge >= 0.3 is 5.97 Å². The molecule has 0 fully saturated rings. The Morgan fingerprint density at radius 2 is 2.23 bits per heavy atom. The van der Waals surface area contributed by atoms with Gasteiger partial charge in [0.1, 0.15) is 12.6 Å². The molecule has 0 atom stereocenters. The number of aryl methyl sites for hydroxylation is 1. The summed E-state index contributed by atoms with van der Waals surface area (Å²) in [5.41, 5.74) is 0.579. The highest BCUT2D eigenvalue weighted by Crippen LogP contribution is 2.18. The Hall–Kier alpha value is -1.58. The van der Waals surface area contributed by atoms with Crippen LogP contribution in [0.4, 0.5) is 0 Å². The molecule has 0 unspecified atom stereocenters. The number of hydrogen-bond acceptors (Lipinski definition) is 2. The molecule has 0 radical (unpaired) electrons. The zero-order valence-corrected chi connectivity index (χ0v) is 7.61. The molecule has 1 aromatic rings.